The molecule has 1 fully saturated rings. The number of benzene rings is 1. The first-order chi connectivity index (χ1) is 14.5. The number of nitrogens with one attached hydrogen (secondary N) is 1. The number of pyridine rings is 2. The van der Waals surface area contributed by atoms with E-state index < -0.39 is 0 Å². The average Bonchev–Trinajstić information content (AvgIpc) is 2.73. The summed E-state index contributed by atoms with van der Waals surface area (Å²) in [5, 5.41) is 4.66. The van der Waals surface area contributed by atoms with Crippen molar-refractivity contribution in [1.82, 2.24) is 14.9 Å². The third-order valence-corrected chi connectivity index (χ3v) is 6.61. The van der Waals surface area contributed by atoms with E-state index in [0.717, 1.165) is 41.8 Å². The third kappa shape index (κ3) is 3.25. The number of rotatable bonds is 3. The average molecular weight is 423 g/mol. The molecule has 2 aliphatic heterocycles. The lowest BCUT2D eigenvalue weighted by molar-refractivity contribution is -0.119. The van der Waals surface area contributed by atoms with Crippen molar-refractivity contribution in [2.24, 2.45) is 5.92 Å². The molecule has 0 spiro atoms. The Morgan fingerprint density at radius 2 is 2.10 bits per heavy atom. The molecular weight excluding hydrogens is 400 g/mol. The minimum atomic E-state index is -0.0786. The summed E-state index contributed by atoms with van der Waals surface area (Å²) in [6, 6.07) is 13.3. The largest absolute Gasteiger partial charge is 0.370 e. The number of carbonyl (C=O) groups is 1. The van der Waals surface area contributed by atoms with E-state index in [1.807, 2.05) is 47.2 Å². The number of piperidine rings is 1. The maximum absolute atomic E-state index is 12.7. The van der Waals surface area contributed by atoms with Gasteiger partial charge in [-0.15, -0.1) is 0 Å². The van der Waals surface area contributed by atoms with Gasteiger partial charge in [0.05, 0.1) is 11.6 Å². The van der Waals surface area contributed by atoms with E-state index >= 15 is 0 Å². The minimum absolute atomic E-state index is 0.00662. The van der Waals surface area contributed by atoms with Crippen molar-refractivity contribution in [2.45, 2.75) is 25.3 Å². The fraction of sp³-hybridized carbons (Fsp3) is 0.348. The number of anilines is 1. The summed E-state index contributed by atoms with van der Waals surface area (Å²) in [6.07, 6.45) is 2.84. The number of nitrogens with zero attached hydrogens (tertiary/aromatic N) is 3. The van der Waals surface area contributed by atoms with Crippen LogP contribution < -0.4 is 15.8 Å². The molecule has 0 aliphatic carbocycles. The van der Waals surface area contributed by atoms with Crippen LogP contribution >= 0.6 is 11.6 Å². The van der Waals surface area contributed by atoms with Crippen LogP contribution in [0.2, 0.25) is 5.02 Å². The van der Waals surface area contributed by atoms with Gasteiger partial charge in [0.15, 0.2) is 0 Å². The molecule has 4 heterocycles. The number of halogens is 1. The number of fused-ring (bicyclic) bond motifs is 5. The molecule has 1 aromatic carbocycles. The van der Waals surface area contributed by atoms with Crippen LogP contribution in [0.1, 0.15) is 31.0 Å². The molecule has 1 amide bonds. The van der Waals surface area contributed by atoms with Crippen LogP contribution in [-0.2, 0) is 4.79 Å². The van der Waals surface area contributed by atoms with Gasteiger partial charge in [-0.3, -0.25) is 14.6 Å². The highest BCUT2D eigenvalue weighted by molar-refractivity contribution is 6.31. The molecule has 0 unspecified atom stereocenters. The van der Waals surface area contributed by atoms with Crippen molar-refractivity contribution in [1.29, 1.82) is 0 Å². The summed E-state index contributed by atoms with van der Waals surface area (Å²) in [7, 11) is 0. The fourth-order valence-electron chi connectivity index (χ4n) is 5.13. The normalized spacial score (nSPS) is 22.6. The van der Waals surface area contributed by atoms with Gasteiger partial charge in [-0.2, -0.15) is 0 Å². The Balaban J connectivity index is 1.57. The highest BCUT2D eigenvalue weighted by atomic mass is 35.5. The Hall–Kier alpha value is -2.86. The minimum Gasteiger partial charge on any atom is -0.370 e. The first-order valence-corrected chi connectivity index (χ1v) is 10.6. The monoisotopic (exact) mass is 422 g/mol. The molecular formula is C23H23ClN4O2. The summed E-state index contributed by atoms with van der Waals surface area (Å²) < 4.78 is 1.91. The van der Waals surface area contributed by atoms with E-state index in [1.54, 1.807) is 6.07 Å². The second kappa shape index (κ2) is 7.43. The molecule has 2 aromatic heterocycles. The van der Waals surface area contributed by atoms with Crippen molar-refractivity contribution in [3.63, 3.8) is 0 Å². The smallest absolute Gasteiger partial charge is 0.251 e. The molecule has 2 aliphatic rings. The maximum atomic E-state index is 12.7. The molecule has 6 nitrogen and oxygen atoms in total. The predicted molar refractivity (Wildman–Crippen MR) is 118 cm³/mol. The summed E-state index contributed by atoms with van der Waals surface area (Å²) >= 11 is 6.28. The molecule has 0 radical (unpaired) electrons. The molecule has 1 N–H and O–H groups in total. The quantitative estimate of drug-likeness (QED) is 0.702. The van der Waals surface area contributed by atoms with E-state index in [2.05, 4.69) is 15.2 Å². The topological polar surface area (TPSA) is 67.2 Å². The number of hydrogen-bond donors (Lipinski definition) is 1. The molecule has 3 aromatic rings. The van der Waals surface area contributed by atoms with E-state index in [4.69, 9.17) is 11.6 Å². The second-order valence-corrected chi connectivity index (χ2v) is 8.69. The summed E-state index contributed by atoms with van der Waals surface area (Å²) in [5.74, 6) is 0.435. The fourth-order valence-corrected chi connectivity index (χ4v) is 5.30. The molecule has 1 saturated heterocycles. The van der Waals surface area contributed by atoms with Gasteiger partial charge < -0.3 is 14.8 Å². The van der Waals surface area contributed by atoms with Crippen molar-refractivity contribution >= 4 is 34.1 Å². The van der Waals surface area contributed by atoms with Gasteiger partial charge in [0.1, 0.15) is 0 Å². The lowest BCUT2D eigenvalue weighted by Gasteiger charge is -2.48. The number of hydrogen-bond acceptors (Lipinski definition) is 4. The second-order valence-electron chi connectivity index (χ2n) is 8.25. The van der Waals surface area contributed by atoms with Crippen LogP contribution in [0.3, 0.4) is 0 Å². The zero-order chi connectivity index (χ0) is 20.8. The van der Waals surface area contributed by atoms with Gasteiger partial charge >= 0.3 is 0 Å². The van der Waals surface area contributed by atoms with Gasteiger partial charge in [0.2, 0.25) is 5.91 Å². The van der Waals surface area contributed by atoms with Gasteiger partial charge in [-0.05, 0) is 42.7 Å². The van der Waals surface area contributed by atoms with E-state index in [0.29, 0.717) is 11.6 Å². The van der Waals surface area contributed by atoms with Gasteiger partial charge in [0.25, 0.3) is 5.56 Å². The van der Waals surface area contributed by atoms with E-state index in [9.17, 15) is 9.59 Å². The van der Waals surface area contributed by atoms with Crippen LogP contribution in [-0.4, -0.2) is 35.1 Å². The number of aromatic nitrogens is 2. The van der Waals surface area contributed by atoms with Crippen molar-refractivity contribution in [2.75, 3.05) is 24.5 Å². The lowest BCUT2D eigenvalue weighted by Crippen LogP contribution is -2.52. The molecule has 30 heavy (non-hydrogen) atoms. The van der Waals surface area contributed by atoms with Crippen LogP contribution in [0.4, 0.5) is 5.69 Å². The summed E-state index contributed by atoms with van der Waals surface area (Å²) in [5.41, 5.74) is 3.09. The van der Waals surface area contributed by atoms with Crippen molar-refractivity contribution in [3.8, 4) is 0 Å². The molecule has 2 bridgehead atoms. The Labute approximate surface area is 179 Å². The van der Waals surface area contributed by atoms with Gasteiger partial charge in [-0.25, -0.2) is 0 Å². The van der Waals surface area contributed by atoms with Crippen LogP contribution in [0.5, 0.6) is 0 Å². The van der Waals surface area contributed by atoms with Crippen molar-refractivity contribution < 1.29 is 4.79 Å². The van der Waals surface area contributed by atoms with Crippen LogP contribution in [0.25, 0.3) is 10.9 Å². The van der Waals surface area contributed by atoms with Crippen molar-refractivity contribution in [3.05, 3.63) is 69.7 Å². The van der Waals surface area contributed by atoms with E-state index in [-0.39, 0.29) is 29.3 Å². The third-order valence-electron chi connectivity index (χ3n) is 6.38. The molecule has 0 saturated carbocycles. The van der Waals surface area contributed by atoms with Gasteiger partial charge in [-0.1, -0.05) is 17.7 Å². The summed E-state index contributed by atoms with van der Waals surface area (Å²) in [6.45, 7) is 3.62. The molecule has 3 atom stereocenters. The molecule has 5 rings (SSSR count). The first kappa shape index (κ1) is 19.1. The Morgan fingerprint density at radius 1 is 1.23 bits per heavy atom. The Kier molecular flexibility index (Phi) is 4.74. The van der Waals surface area contributed by atoms with E-state index in [1.165, 1.54) is 6.92 Å². The predicted octanol–water partition coefficient (Wildman–Crippen LogP) is 3.35. The van der Waals surface area contributed by atoms with Crippen LogP contribution in [0.15, 0.2) is 53.5 Å². The highest BCUT2D eigenvalue weighted by Gasteiger charge is 2.40. The first-order valence-electron chi connectivity index (χ1n) is 10.3. The zero-order valence-electron chi connectivity index (χ0n) is 16.7. The maximum Gasteiger partial charge on any atom is 0.251 e. The zero-order valence-corrected chi connectivity index (χ0v) is 17.5. The molecule has 154 valence electrons. The number of carbonyl (C=O) groups excluding carboxylic acids is 1. The highest BCUT2D eigenvalue weighted by Crippen LogP contribution is 2.43. The standard InChI is InChI=1S/C23H23ClN4O2/c1-14(29)26-11-22-16-9-15(20-3-2-4-23(30)28(20)22)12-27(13-16)21-7-8-25-19-6-5-17(24)10-18(19)21/h2-8,10,15-16,22H,9,11-13H2,1H3,(H,26,29)/t15-,16+,22+/m1/s1. The lowest BCUT2D eigenvalue weighted by atomic mass is 9.78. The van der Waals surface area contributed by atoms with Crippen LogP contribution in [0, 0.1) is 5.92 Å². The summed E-state index contributed by atoms with van der Waals surface area (Å²) in [4.78, 5) is 31.2. The van der Waals surface area contributed by atoms with Gasteiger partial charge in [0, 0.05) is 66.5 Å². The Morgan fingerprint density at radius 3 is 2.93 bits per heavy atom. The SMILES string of the molecule is CC(=O)NC[C@H]1[C@H]2C[C@H](CN(c3ccnc4ccc(Cl)cc34)C2)c2cccc(=O)n21. The molecule has 7 heteroatoms. The Bertz CT molecular complexity index is 1190. The number of amides is 1.